The van der Waals surface area contributed by atoms with Gasteiger partial charge in [0.15, 0.2) is 6.10 Å². The smallest absolute Gasteiger partial charge is 0.352 e. The predicted octanol–water partition coefficient (Wildman–Crippen LogP) is 4.62. The van der Waals surface area contributed by atoms with Crippen molar-refractivity contribution in [3.8, 4) is 11.5 Å². The Kier molecular flexibility index (Phi) is 6.07. The van der Waals surface area contributed by atoms with Crippen molar-refractivity contribution in [1.29, 1.82) is 0 Å². The maximum absolute atomic E-state index is 12.2. The van der Waals surface area contributed by atoms with Crippen LogP contribution in [0.3, 0.4) is 0 Å². The molecular weight excluding hydrogens is 354 g/mol. The Balaban J connectivity index is 1.55. The first kappa shape index (κ1) is 19.2. The molecule has 1 amide bonds. The first-order chi connectivity index (χ1) is 13.5. The zero-order valence-corrected chi connectivity index (χ0v) is 15.7. The Bertz CT molecular complexity index is 935. The van der Waals surface area contributed by atoms with Crippen molar-refractivity contribution in [2.24, 2.45) is 0 Å². The lowest BCUT2D eigenvalue weighted by Crippen LogP contribution is -2.28. The van der Waals surface area contributed by atoms with Crippen LogP contribution in [0.25, 0.3) is 0 Å². The van der Waals surface area contributed by atoms with Crippen molar-refractivity contribution in [3.05, 3.63) is 90.0 Å². The van der Waals surface area contributed by atoms with Crippen molar-refractivity contribution in [1.82, 2.24) is 0 Å². The molecule has 0 aliphatic carbocycles. The van der Waals surface area contributed by atoms with Gasteiger partial charge in [-0.2, -0.15) is 0 Å². The number of nitrogens with one attached hydrogen (secondary N) is 1. The standard InChI is InChI=1S/C23H21NO4/c1-16-8-12-20(13-9-16)27-17(2)23(26)28-21-14-10-19(11-15-21)24-22(25)18-6-4-3-5-7-18/h3-15,17H,1-2H3,(H,24,25). The van der Waals surface area contributed by atoms with Crippen LogP contribution >= 0.6 is 0 Å². The van der Waals surface area contributed by atoms with E-state index in [1.165, 1.54) is 0 Å². The maximum atomic E-state index is 12.2. The Hall–Kier alpha value is -3.60. The van der Waals surface area contributed by atoms with Gasteiger partial charge >= 0.3 is 5.97 Å². The van der Waals surface area contributed by atoms with Crippen LogP contribution in [0.5, 0.6) is 11.5 Å². The van der Waals surface area contributed by atoms with Crippen molar-refractivity contribution in [2.75, 3.05) is 5.32 Å². The summed E-state index contributed by atoms with van der Waals surface area (Å²) in [6, 6.07) is 23.0. The quantitative estimate of drug-likeness (QED) is 0.504. The third kappa shape index (κ3) is 5.20. The summed E-state index contributed by atoms with van der Waals surface area (Å²) < 4.78 is 10.9. The summed E-state index contributed by atoms with van der Waals surface area (Å²) in [5.41, 5.74) is 2.29. The lowest BCUT2D eigenvalue weighted by molar-refractivity contribution is -0.141. The Morgan fingerprint density at radius 2 is 1.43 bits per heavy atom. The number of amides is 1. The minimum absolute atomic E-state index is 0.203. The molecule has 0 radical (unpaired) electrons. The fraction of sp³-hybridized carbons (Fsp3) is 0.130. The molecule has 0 bridgehead atoms. The van der Waals surface area contributed by atoms with E-state index >= 15 is 0 Å². The van der Waals surface area contributed by atoms with Gasteiger partial charge in [0.25, 0.3) is 5.91 Å². The first-order valence-electron chi connectivity index (χ1n) is 8.93. The van der Waals surface area contributed by atoms with Crippen molar-refractivity contribution < 1.29 is 19.1 Å². The summed E-state index contributed by atoms with van der Waals surface area (Å²) in [6.07, 6.45) is -0.750. The summed E-state index contributed by atoms with van der Waals surface area (Å²) in [6.45, 7) is 3.62. The first-order valence-corrected chi connectivity index (χ1v) is 8.93. The van der Waals surface area contributed by atoms with Crippen LogP contribution in [-0.2, 0) is 4.79 Å². The van der Waals surface area contributed by atoms with E-state index < -0.39 is 12.1 Å². The number of carbonyl (C=O) groups is 2. The molecule has 3 aromatic rings. The predicted molar refractivity (Wildman–Crippen MR) is 108 cm³/mol. The van der Waals surface area contributed by atoms with Crippen LogP contribution in [0.4, 0.5) is 5.69 Å². The number of carbonyl (C=O) groups excluding carboxylic acids is 2. The van der Waals surface area contributed by atoms with Gasteiger partial charge < -0.3 is 14.8 Å². The van der Waals surface area contributed by atoms with E-state index in [0.29, 0.717) is 22.7 Å². The van der Waals surface area contributed by atoms with Gasteiger partial charge in [-0.25, -0.2) is 4.79 Å². The minimum atomic E-state index is -0.750. The molecule has 0 aliphatic rings. The maximum Gasteiger partial charge on any atom is 0.352 e. The van der Waals surface area contributed by atoms with Gasteiger partial charge in [0, 0.05) is 11.3 Å². The van der Waals surface area contributed by atoms with E-state index in [4.69, 9.17) is 9.47 Å². The molecule has 0 heterocycles. The number of rotatable bonds is 6. The summed E-state index contributed by atoms with van der Waals surface area (Å²) in [7, 11) is 0. The molecule has 142 valence electrons. The second kappa shape index (κ2) is 8.86. The number of aryl methyl sites for hydroxylation is 1. The highest BCUT2D eigenvalue weighted by Gasteiger charge is 2.17. The van der Waals surface area contributed by atoms with Gasteiger partial charge in [0.2, 0.25) is 0 Å². The zero-order valence-electron chi connectivity index (χ0n) is 15.7. The summed E-state index contributed by atoms with van der Waals surface area (Å²) in [4.78, 5) is 24.4. The third-order valence-electron chi connectivity index (χ3n) is 4.03. The van der Waals surface area contributed by atoms with Crippen molar-refractivity contribution in [2.45, 2.75) is 20.0 Å². The van der Waals surface area contributed by atoms with E-state index in [0.717, 1.165) is 5.56 Å². The van der Waals surface area contributed by atoms with Crippen LogP contribution in [0.1, 0.15) is 22.8 Å². The molecule has 0 aromatic heterocycles. The van der Waals surface area contributed by atoms with Gasteiger partial charge in [-0.05, 0) is 62.4 Å². The SMILES string of the molecule is Cc1ccc(OC(C)C(=O)Oc2ccc(NC(=O)c3ccccc3)cc2)cc1. The zero-order chi connectivity index (χ0) is 19.9. The lowest BCUT2D eigenvalue weighted by atomic mass is 10.2. The molecule has 0 fully saturated rings. The Labute approximate surface area is 163 Å². The molecule has 28 heavy (non-hydrogen) atoms. The van der Waals surface area contributed by atoms with Gasteiger partial charge in [0.1, 0.15) is 11.5 Å². The van der Waals surface area contributed by atoms with Crippen molar-refractivity contribution in [3.63, 3.8) is 0 Å². The molecule has 0 saturated heterocycles. The van der Waals surface area contributed by atoms with Gasteiger partial charge in [-0.1, -0.05) is 35.9 Å². The molecule has 0 aliphatic heterocycles. The molecule has 0 spiro atoms. The third-order valence-corrected chi connectivity index (χ3v) is 4.03. The summed E-state index contributed by atoms with van der Waals surface area (Å²) >= 11 is 0. The second-order valence-electron chi connectivity index (χ2n) is 6.34. The van der Waals surface area contributed by atoms with E-state index in [1.54, 1.807) is 55.5 Å². The number of ether oxygens (including phenoxy) is 2. The molecule has 1 N–H and O–H groups in total. The van der Waals surface area contributed by atoms with E-state index in [-0.39, 0.29) is 5.91 Å². The average molecular weight is 375 g/mol. The molecule has 5 nitrogen and oxygen atoms in total. The largest absolute Gasteiger partial charge is 0.479 e. The Morgan fingerprint density at radius 3 is 2.07 bits per heavy atom. The van der Waals surface area contributed by atoms with Gasteiger partial charge in [0.05, 0.1) is 0 Å². The monoisotopic (exact) mass is 375 g/mol. The number of esters is 1. The number of hydrogen-bond donors (Lipinski definition) is 1. The molecule has 0 saturated carbocycles. The average Bonchev–Trinajstić information content (AvgIpc) is 2.71. The van der Waals surface area contributed by atoms with Gasteiger partial charge in [-0.15, -0.1) is 0 Å². The minimum Gasteiger partial charge on any atom is -0.479 e. The fourth-order valence-corrected chi connectivity index (χ4v) is 2.47. The molecule has 5 heteroatoms. The second-order valence-corrected chi connectivity index (χ2v) is 6.34. The Morgan fingerprint density at radius 1 is 0.821 bits per heavy atom. The molecular formula is C23H21NO4. The van der Waals surface area contributed by atoms with Crippen molar-refractivity contribution >= 4 is 17.6 Å². The van der Waals surface area contributed by atoms with Crippen LogP contribution in [0, 0.1) is 6.92 Å². The molecule has 1 unspecified atom stereocenters. The number of hydrogen-bond acceptors (Lipinski definition) is 4. The highest BCUT2D eigenvalue weighted by Crippen LogP contribution is 2.18. The molecule has 3 rings (SSSR count). The topological polar surface area (TPSA) is 64.6 Å². The molecule has 3 aromatic carbocycles. The lowest BCUT2D eigenvalue weighted by Gasteiger charge is -2.14. The summed E-state index contributed by atoms with van der Waals surface area (Å²) in [5.74, 6) is 0.281. The highest BCUT2D eigenvalue weighted by molar-refractivity contribution is 6.04. The number of anilines is 1. The van der Waals surface area contributed by atoms with Crippen LogP contribution in [0.15, 0.2) is 78.9 Å². The van der Waals surface area contributed by atoms with E-state index in [9.17, 15) is 9.59 Å². The normalized spacial score (nSPS) is 11.4. The highest BCUT2D eigenvalue weighted by atomic mass is 16.6. The van der Waals surface area contributed by atoms with Crippen LogP contribution in [0.2, 0.25) is 0 Å². The van der Waals surface area contributed by atoms with Crippen LogP contribution in [-0.4, -0.2) is 18.0 Å². The number of benzene rings is 3. The van der Waals surface area contributed by atoms with E-state index in [2.05, 4.69) is 5.32 Å². The van der Waals surface area contributed by atoms with E-state index in [1.807, 2.05) is 37.3 Å². The van der Waals surface area contributed by atoms with Gasteiger partial charge in [-0.3, -0.25) is 4.79 Å². The molecule has 1 atom stereocenters. The van der Waals surface area contributed by atoms with Crippen LogP contribution < -0.4 is 14.8 Å². The fourth-order valence-electron chi connectivity index (χ4n) is 2.47. The summed E-state index contributed by atoms with van der Waals surface area (Å²) in [5, 5.41) is 2.79.